The summed E-state index contributed by atoms with van der Waals surface area (Å²) in [6.45, 7) is 0.540. The predicted octanol–water partition coefficient (Wildman–Crippen LogP) is 5.08. The van der Waals surface area contributed by atoms with Gasteiger partial charge in [0.1, 0.15) is 0 Å². The number of urea groups is 1. The van der Waals surface area contributed by atoms with Gasteiger partial charge < -0.3 is 10.6 Å². The van der Waals surface area contributed by atoms with Crippen LogP contribution < -0.4 is 10.6 Å². The van der Waals surface area contributed by atoms with E-state index in [4.69, 9.17) is 11.6 Å². The van der Waals surface area contributed by atoms with Crippen molar-refractivity contribution >= 4 is 23.3 Å². The van der Waals surface area contributed by atoms with Crippen molar-refractivity contribution < 1.29 is 4.79 Å². The number of nitrogens with one attached hydrogen (secondary N) is 2. The monoisotopic (exact) mass is 365 g/mol. The lowest BCUT2D eigenvalue weighted by atomic mass is 9.88. The number of carbonyl (C=O) groups is 1. The van der Waals surface area contributed by atoms with Crippen molar-refractivity contribution in [2.45, 2.75) is 12.3 Å². The van der Waals surface area contributed by atoms with Gasteiger partial charge in [0, 0.05) is 18.7 Å². The molecule has 0 fully saturated rings. The number of hydrogen-bond donors (Lipinski definition) is 2. The van der Waals surface area contributed by atoms with Crippen LogP contribution in [-0.4, -0.2) is 17.6 Å². The van der Waals surface area contributed by atoms with Gasteiger partial charge in [-0.05, 0) is 29.7 Å². The zero-order valence-corrected chi connectivity index (χ0v) is 15.0. The molecule has 0 radical (unpaired) electrons. The summed E-state index contributed by atoms with van der Waals surface area (Å²) in [6.07, 6.45) is 2.37. The van der Waals surface area contributed by atoms with Crippen LogP contribution in [0.2, 0.25) is 5.15 Å². The van der Waals surface area contributed by atoms with Gasteiger partial charge in [0.05, 0.1) is 5.69 Å². The Morgan fingerprint density at radius 2 is 1.54 bits per heavy atom. The smallest absolute Gasteiger partial charge is 0.319 e. The Morgan fingerprint density at radius 3 is 2.12 bits per heavy atom. The maximum atomic E-state index is 12.1. The minimum atomic E-state index is -0.292. The highest BCUT2D eigenvalue weighted by Gasteiger charge is 2.14. The van der Waals surface area contributed by atoms with Crippen LogP contribution in [0.25, 0.3) is 0 Å². The summed E-state index contributed by atoms with van der Waals surface area (Å²) >= 11 is 5.96. The number of nitrogens with zero attached hydrogens (tertiary/aromatic N) is 1. The molecule has 0 unspecified atom stereocenters. The summed E-state index contributed by atoms with van der Waals surface area (Å²) in [5.41, 5.74) is 2.96. The van der Waals surface area contributed by atoms with Gasteiger partial charge in [0.25, 0.3) is 0 Å². The molecule has 3 aromatic rings. The van der Waals surface area contributed by atoms with Crippen LogP contribution in [0, 0.1) is 0 Å². The summed E-state index contributed by atoms with van der Waals surface area (Å²) in [5.74, 6) is 0.222. The second-order valence-electron chi connectivity index (χ2n) is 5.89. The third-order valence-electron chi connectivity index (χ3n) is 4.13. The molecule has 5 heteroatoms. The quantitative estimate of drug-likeness (QED) is 0.598. The molecule has 0 bridgehead atoms. The van der Waals surface area contributed by atoms with E-state index in [0.717, 1.165) is 6.42 Å². The zero-order chi connectivity index (χ0) is 18.2. The Bertz CT molecular complexity index is 801. The zero-order valence-electron chi connectivity index (χ0n) is 14.2. The topological polar surface area (TPSA) is 54.0 Å². The summed E-state index contributed by atoms with van der Waals surface area (Å²) in [6, 6.07) is 23.8. The lowest BCUT2D eigenvalue weighted by Gasteiger charge is -2.18. The molecule has 2 amide bonds. The summed E-state index contributed by atoms with van der Waals surface area (Å²) in [4.78, 5) is 16.1. The van der Waals surface area contributed by atoms with E-state index in [1.807, 2.05) is 36.4 Å². The predicted molar refractivity (Wildman–Crippen MR) is 106 cm³/mol. The number of benzene rings is 2. The molecule has 132 valence electrons. The van der Waals surface area contributed by atoms with Crippen LogP contribution in [0.1, 0.15) is 23.5 Å². The highest BCUT2D eigenvalue weighted by Crippen LogP contribution is 2.27. The van der Waals surface area contributed by atoms with Gasteiger partial charge in [0.2, 0.25) is 0 Å². The fraction of sp³-hybridized carbons (Fsp3) is 0.143. The number of rotatable bonds is 6. The second kappa shape index (κ2) is 9.02. The minimum absolute atomic E-state index is 0.222. The van der Waals surface area contributed by atoms with Crippen LogP contribution in [0.15, 0.2) is 79.0 Å². The van der Waals surface area contributed by atoms with E-state index in [9.17, 15) is 4.79 Å². The van der Waals surface area contributed by atoms with E-state index in [2.05, 4.69) is 39.9 Å². The number of hydrogen-bond acceptors (Lipinski definition) is 2. The molecule has 4 nitrogen and oxygen atoms in total. The van der Waals surface area contributed by atoms with Crippen molar-refractivity contribution in [2.75, 3.05) is 11.9 Å². The van der Waals surface area contributed by atoms with E-state index in [0.29, 0.717) is 12.2 Å². The van der Waals surface area contributed by atoms with Gasteiger partial charge in [-0.3, -0.25) is 0 Å². The molecular formula is C21H20ClN3O. The van der Waals surface area contributed by atoms with Crippen molar-refractivity contribution in [1.29, 1.82) is 0 Å². The van der Waals surface area contributed by atoms with Crippen LogP contribution in [0.3, 0.4) is 0 Å². The fourth-order valence-electron chi connectivity index (χ4n) is 2.87. The first-order chi connectivity index (χ1) is 12.7. The SMILES string of the molecule is O=C(NCCC(c1ccccc1)c1ccccc1)Nc1cccnc1Cl. The Balaban J connectivity index is 1.62. The molecule has 0 atom stereocenters. The van der Waals surface area contributed by atoms with Gasteiger partial charge in [-0.1, -0.05) is 72.3 Å². The van der Waals surface area contributed by atoms with Gasteiger partial charge in [-0.25, -0.2) is 9.78 Å². The van der Waals surface area contributed by atoms with Crippen molar-refractivity contribution in [3.8, 4) is 0 Å². The van der Waals surface area contributed by atoms with Crippen molar-refractivity contribution in [2.24, 2.45) is 0 Å². The number of carbonyl (C=O) groups excluding carboxylic acids is 1. The molecule has 0 aliphatic rings. The van der Waals surface area contributed by atoms with E-state index < -0.39 is 0 Å². The Hall–Kier alpha value is -2.85. The first kappa shape index (κ1) is 18.0. The van der Waals surface area contributed by atoms with E-state index >= 15 is 0 Å². The van der Waals surface area contributed by atoms with E-state index in [1.165, 1.54) is 11.1 Å². The standard InChI is InChI=1S/C21H20ClN3O/c22-20-19(12-7-14-23-20)25-21(26)24-15-13-18(16-8-3-1-4-9-16)17-10-5-2-6-11-17/h1-12,14,18H,13,15H2,(H2,24,25,26). The lowest BCUT2D eigenvalue weighted by Crippen LogP contribution is -2.30. The lowest BCUT2D eigenvalue weighted by molar-refractivity contribution is 0.252. The number of pyridine rings is 1. The molecule has 2 N–H and O–H groups in total. The number of halogens is 1. The van der Waals surface area contributed by atoms with Crippen molar-refractivity contribution in [1.82, 2.24) is 10.3 Å². The first-order valence-corrected chi connectivity index (χ1v) is 8.87. The number of amides is 2. The average Bonchev–Trinajstić information content (AvgIpc) is 2.68. The molecule has 26 heavy (non-hydrogen) atoms. The van der Waals surface area contributed by atoms with Crippen molar-refractivity contribution in [3.05, 3.63) is 95.3 Å². The Labute approximate surface area is 158 Å². The third kappa shape index (κ3) is 4.83. The largest absolute Gasteiger partial charge is 0.338 e. The summed E-state index contributed by atoms with van der Waals surface area (Å²) in [7, 11) is 0. The normalized spacial score (nSPS) is 10.5. The number of aromatic nitrogens is 1. The van der Waals surface area contributed by atoms with Gasteiger partial charge in [-0.2, -0.15) is 0 Å². The Kier molecular flexibility index (Phi) is 6.23. The van der Waals surface area contributed by atoms with Gasteiger partial charge >= 0.3 is 6.03 Å². The van der Waals surface area contributed by atoms with Crippen LogP contribution in [0.4, 0.5) is 10.5 Å². The van der Waals surface area contributed by atoms with Crippen LogP contribution in [-0.2, 0) is 0 Å². The van der Waals surface area contributed by atoms with Crippen LogP contribution in [0.5, 0.6) is 0 Å². The molecule has 0 saturated heterocycles. The molecule has 0 aliphatic carbocycles. The van der Waals surface area contributed by atoms with E-state index in [1.54, 1.807) is 18.3 Å². The summed E-state index contributed by atoms with van der Waals surface area (Å²) < 4.78 is 0. The molecule has 2 aromatic carbocycles. The highest BCUT2D eigenvalue weighted by molar-refractivity contribution is 6.32. The molecule has 0 aliphatic heterocycles. The maximum Gasteiger partial charge on any atom is 0.319 e. The minimum Gasteiger partial charge on any atom is -0.338 e. The third-order valence-corrected chi connectivity index (χ3v) is 4.43. The Morgan fingerprint density at radius 1 is 0.923 bits per heavy atom. The summed E-state index contributed by atoms with van der Waals surface area (Å²) in [5, 5.41) is 5.88. The molecule has 1 heterocycles. The molecular weight excluding hydrogens is 346 g/mol. The molecule has 1 aromatic heterocycles. The second-order valence-corrected chi connectivity index (χ2v) is 6.24. The molecule has 3 rings (SSSR count). The number of anilines is 1. The molecule has 0 saturated carbocycles. The van der Waals surface area contributed by atoms with E-state index in [-0.39, 0.29) is 17.1 Å². The molecule has 0 spiro atoms. The fourth-order valence-corrected chi connectivity index (χ4v) is 3.04. The van der Waals surface area contributed by atoms with Gasteiger partial charge in [-0.15, -0.1) is 0 Å². The first-order valence-electron chi connectivity index (χ1n) is 8.49. The van der Waals surface area contributed by atoms with Gasteiger partial charge in [0.15, 0.2) is 5.15 Å². The van der Waals surface area contributed by atoms with Crippen molar-refractivity contribution in [3.63, 3.8) is 0 Å². The maximum absolute atomic E-state index is 12.1. The van der Waals surface area contributed by atoms with Crippen LogP contribution >= 0.6 is 11.6 Å². The highest BCUT2D eigenvalue weighted by atomic mass is 35.5. The average molecular weight is 366 g/mol.